The van der Waals surface area contributed by atoms with Crippen LogP contribution in [0.1, 0.15) is 28.4 Å². The molecule has 10 nitrogen and oxygen atoms in total. The fourth-order valence-electron chi connectivity index (χ4n) is 6.23. The first-order valence-electron chi connectivity index (χ1n) is 14.3. The van der Waals surface area contributed by atoms with E-state index in [1.165, 1.54) is 19.3 Å². The zero-order valence-electron chi connectivity index (χ0n) is 25.1. The van der Waals surface area contributed by atoms with Crippen molar-refractivity contribution in [2.24, 2.45) is 12.5 Å². The van der Waals surface area contributed by atoms with Gasteiger partial charge < -0.3 is 15.0 Å². The van der Waals surface area contributed by atoms with Gasteiger partial charge in [0.2, 0.25) is 11.8 Å². The monoisotopic (exact) mass is 612 g/mol. The summed E-state index contributed by atoms with van der Waals surface area (Å²) in [5.74, 6) is 0.179. The summed E-state index contributed by atoms with van der Waals surface area (Å²) in [5, 5.41) is 7.26. The molecule has 2 aromatic heterocycles. The van der Waals surface area contributed by atoms with Crippen LogP contribution in [0.2, 0.25) is 5.02 Å². The molecule has 0 atom stereocenters. The molecule has 2 aliphatic rings. The largest absolute Gasteiger partial charge is 0.481 e. The highest BCUT2D eigenvalue weighted by Crippen LogP contribution is 2.42. The fourth-order valence-corrected chi connectivity index (χ4v) is 6.55. The molecule has 44 heavy (non-hydrogen) atoms. The first kappa shape index (κ1) is 29.5. The number of aromatic nitrogens is 3. The summed E-state index contributed by atoms with van der Waals surface area (Å²) in [5.41, 5.74) is 5.19. The Morgan fingerprint density at radius 3 is 2.43 bits per heavy atom. The molecule has 1 N–H and O–H groups in total. The van der Waals surface area contributed by atoms with Crippen LogP contribution in [0.25, 0.3) is 22.4 Å². The van der Waals surface area contributed by atoms with Crippen molar-refractivity contribution in [2.75, 3.05) is 38.6 Å². The minimum Gasteiger partial charge on any atom is -0.481 e. The second-order valence-corrected chi connectivity index (χ2v) is 12.0. The van der Waals surface area contributed by atoms with Crippen LogP contribution in [0.5, 0.6) is 5.88 Å². The van der Waals surface area contributed by atoms with E-state index in [1.54, 1.807) is 20.1 Å². The van der Waals surface area contributed by atoms with E-state index in [1.807, 2.05) is 54.3 Å². The number of halogens is 1. The van der Waals surface area contributed by atoms with Gasteiger partial charge in [-0.2, -0.15) is 5.10 Å². The zero-order valence-corrected chi connectivity index (χ0v) is 25.8. The summed E-state index contributed by atoms with van der Waals surface area (Å²) in [6, 6.07) is 16.7. The Balaban J connectivity index is 1.22. The number of ether oxygens (including phenoxy) is 1. The highest BCUT2D eigenvalue weighted by atomic mass is 35.5. The molecule has 4 aromatic rings. The number of benzene rings is 2. The number of anilines is 1. The van der Waals surface area contributed by atoms with Gasteiger partial charge in [-0.15, -0.1) is 0 Å². The maximum Gasteiger partial charge on any atom is 0.279 e. The normalized spacial score (nSPS) is 15.4. The van der Waals surface area contributed by atoms with Gasteiger partial charge in [-0.3, -0.25) is 19.3 Å². The lowest BCUT2D eigenvalue weighted by Crippen LogP contribution is -2.72. The van der Waals surface area contributed by atoms with Crippen molar-refractivity contribution in [3.05, 3.63) is 92.9 Å². The number of likely N-dealkylation sites (tertiary alicyclic amines) is 2. The second-order valence-electron chi connectivity index (χ2n) is 11.7. The number of hydrogen-bond acceptors (Lipinski definition) is 7. The molecule has 11 heteroatoms. The molecule has 2 aliphatic heterocycles. The fraction of sp³-hybridized carbons (Fsp3) is 0.303. The number of pyridine rings is 1. The third kappa shape index (κ3) is 5.35. The van der Waals surface area contributed by atoms with Gasteiger partial charge in [0.25, 0.3) is 11.5 Å². The van der Waals surface area contributed by atoms with Crippen molar-refractivity contribution >= 4 is 29.1 Å². The van der Waals surface area contributed by atoms with Gasteiger partial charge in [-0.1, -0.05) is 48.0 Å². The van der Waals surface area contributed by atoms with Crippen LogP contribution in [-0.4, -0.2) is 69.7 Å². The number of rotatable bonds is 7. The van der Waals surface area contributed by atoms with Crippen LogP contribution >= 0.6 is 11.6 Å². The molecule has 2 amide bonds. The molecule has 6 rings (SSSR count). The van der Waals surface area contributed by atoms with Crippen LogP contribution < -0.4 is 15.6 Å². The van der Waals surface area contributed by atoms with E-state index in [2.05, 4.69) is 15.3 Å². The summed E-state index contributed by atoms with van der Waals surface area (Å²) < 4.78 is 6.82. The van der Waals surface area contributed by atoms with Crippen LogP contribution in [0, 0.1) is 12.3 Å². The summed E-state index contributed by atoms with van der Waals surface area (Å²) in [4.78, 5) is 46.0. The van der Waals surface area contributed by atoms with E-state index >= 15 is 0 Å². The minimum absolute atomic E-state index is 0.00656. The van der Waals surface area contributed by atoms with Gasteiger partial charge in [-0.05, 0) is 36.2 Å². The minimum atomic E-state index is -0.511. The molecule has 226 valence electrons. The maximum absolute atomic E-state index is 12.9. The molecule has 0 unspecified atom stereocenters. The van der Waals surface area contributed by atoms with E-state index in [0.717, 1.165) is 65.2 Å². The van der Waals surface area contributed by atoms with E-state index in [-0.39, 0.29) is 16.9 Å². The number of amides is 2. The van der Waals surface area contributed by atoms with Crippen LogP contribution in [0.15, 0.2) is 65.6 Å². The van der Waals surface area contributed by atoms with E-state index in [9.17, 15) is 14.4 Å². The van der Waals surface area contributed by atoms with Gasteiger partial charge >= 0.3 is 0 Å². The third-order valence-corrected chi connectivity index (χ3v) is 8.95. The summed E-state index contributed by atoms with van der Waals surface area (Å²) in [6.07, 6.45) is 1.42. The Hall–Kier alpha value is -4.54. The van der Waals surface area contributed by atoms with Crippen molar-refractivity contribution in [1.82, 2.24) is 24.6 Å². The van der Waals surface area contributed by atoms with Crippen LogP contribution in [-0.2, 0) is 18.4 Å². The molecule has 0 bridgehead atoms. The molecular weight excluding hydrogens is 580 g/mol. The van der Waals surface area contributed by atoms with Crippen molar-refractivity contribution in [3.63, 3.8) is 0 Å². The van der Waals surface area contributed by atoms with Crippen molar-refractivity contribution in [2.45, 2.75) is 20.4 Å². The standard InChI is InChI=1S/C33H33ClN6O4/c1-20-23(7-6-10-27(20)36-30(42)26-13-14-35-38(3)32(26)43)24-8-5-9-25(29(24)34)28-12-11-22(31(37-28)44-4)15-39-16-33(17-39)18-40(19-33)21(2)41/h5-14H,15-19H2,1-4H3,(H,36,42). The quantitative estimate of drug-likeness (QED) is 0.330. The van der Waals surface area contributed by atoms with Crippen LogP contribution in [0.4, 0.5) is 5.69 Å². The number of nitrogens with one attached hydrogen (secondary N) is 1. The van der Waals surface area contributed by atoms with Crippen molar-refractivity contribution < 1.29 is 14.3 Å². The number of carbonyl (C=O) groups is 2. The summed E-state index contributed by atoms with van der Waals surface area (Å²) in [7, 11) is 3.12. The Morgan fingerprint density at radius 2 is 1.70 bits per heavy atom. The van der Waals surface area contributed by atoms with Crippen molar-refractivity contribution in [1.29, 1.82) is 0 Å². The predicted octanol–water partition coefficient (Wildman–Crippen LogP) is 4.40. The first-order valence-corrected chi connectivity index (χ1v) is 14.7. The molecule has 4 heterocycles. The molecule has 1 spiro atoms. The first-order chi connectivity index (χ1) is 21.1. The summed E-state index contributed by atoms with van der Waals surface area (Å²) >= 11 is 7.03. The molecular formula is C33H33ClN6O4. The Kier molecular flexibility index (Phi) is 7.73. The highest BCUT2D eigenvalue weighted by molar-refractivity contribution is 6.36. The van der Waals surface area contributed by atoms with Crippen LogP contribution in [0.3, 0.4) is 0 Å². The Bertz CT molecular complexity index is 1840. The Labute approximate surface area is 260 Å². The third-order valence-electron chi connectivity index (χ3n) is 8.54. The predicted molar refractivity (Wildman–Crippen MR) is 169 cm³/mol. The van der Waals surface area contributed by atoms with Gasteiger partial charge in [-0.25, -0.2) is 9.67 Å². The topological polar surface area (TPSA) is 110 Å². The van der Waals surface area contributed by atoms with E-state index in [4.69, 9.17) is 21.3 Å². The molecule has 0 radical (unpaired) electrons. The number of hydrogen-bond donors (Lipinski definition) is 1. The van der Waals surface area contributed by atoms with E-state index in [0.29, 0.717) is 22.3 Å². The molecule has 0 saturated carbocycles. The van der Waals surface area contributed by atoms with E-state index < -0.39 is 11.5 Å². The van der Waals surface area contributed by atoms with Crippen molar-refractivity contribution in [3.8, 4) is 28.3 Å². The lowest BCUT2D eigenvalue weighted by atomic mass is 9.72. The number of methoxy groups -OCH3 is 1. The number of carbonyl (C=O) groups excluding carboxylic acids is 2. The lowest BCUT2D eigenvalue weighted by Gasteiger charge is -2.60. The van der Waals surface area contributed by atoms with Gasteiger partial charge in [0.15, 0.2) is 0 Å². The maximum atomic E-state index is 12.9. The summed E-state index contributed by atoms with van der Waals surface area (Å²) in [6.45, 7) is 7.81. The second kappa shape index (κ2) is 11.5. The number of aryl methyl sites for hydroxylation is 1. The highest BCUT2D eigenvalue weighted by Gasteiger charge is 2.52. The van der Waals surface area contributed by atoms with Gasteiger partial charge in [0, 0.05) is 80.7 Å². The molecule has 2 aromatic carbocycles. The SMILES string of the molecule is COc1nc(-c2cccc(-c3cccc(NC(=O)c4ccnn(C)c4=O)c3C)c2Cl)ccc1CN1CC2(C1)CN(C(C)=O)C2. The van der Waals surface area contributed by atoms with Gasteiger partial charge in [0.1, 0.15) is 5.56 Å². The average molecular weight is 613 g/mol. The average Bonchev–Trinajstić information content (AvgIpc) is 2.96. The van der Waals surface area contributed by atoms with Gasteiger partial charge in [0.05, 0.1) is 17.8 Å². The smallest absolute Gasteiger partial charge is 0.279 e. The number of nitrogens with zero attached hydrogens (tertiary/aromatic N) is 5. The zero-order chi connectivity index (χ0) is 31.2. The molecule has 2 fully saturated rings. The molecule has 2 saturated heterocycles. The Morgan fingerprint density at radius 1 is 1.00 bits per heavy atom. The lowest BCUT2D eigenvalue weighted by molar-refractivity contribution is -0.157. The molecule has 0 aliphatic carbocycles.